The molecule has 0 bridgehead atoms. The Morgan fingerprint density at radius 2 is 0.800 bits per heavy atom. The number of carboxylic acids is 1. The number of nitrogens with two attached hydrogens (primary N) is 1. The molecule has 0 aliphatic carbocycles. The van der Waals surface area contributed by atoms with Crippen LogP contribution in [0.3, 0.4) is 0 Å². The third-order valence-electron chi connectivity index (χ3n) is 11.8. The Kier molecular flexibility index (Phi) is 44.6. The first-order valence-corrected chi connectivity index (χ1v) is 24.8. The third kappa shape index (κ3) is 45.4. The van der Waals surface area contributed by atoms with E-state index in [-0.39, 0.29) is 12.0 Å². The number of hydrogen-bond acceptors (Lipinski definition) is 5. The number of unbranched alkanes of at least 4 members (excludes halogenated alkanes) is 35. The van der Waals surface area contributed by atoms with Crippen molar-refractivity contribution in [1.29, 1.82) is 0 Å². The molecule has 0 aromatic rings. The number of carbonyl (C=O) groups excluding carboxylic acids is 1. The average Bonchev–Trinajstić information content (AvgIpc) is 3.16. The van der Waals surface area contributed by atoms with Crippen LogP contribution in [0.25, 0.3) is 0 Å². The van der Waals surface area contributed by atoms with Gasteiger partial charge in [-0.1, -0.05) is 225 Å². The molecule has 0 rings (SSSR count). The molecule has 0 aliphatic rings. The smallest absolute Gasteiger partial charge is 0.305 e. The zero-order valence-corrected chi connectivity index (χ0v) is 37.3. The maximum atomic E-state index is 11.9. The number of hydrogen-bond donors (Lipinski definition) is 3. The summed E-state index contributed by atoms with van der Waals surface area (Å²) in [6.45, 7) is 6.16. The molecule has 0 aromatic carbocycles. The number of ether oxygens (including phenoxy) is 1. The first kappa shape index (κ1) is 53.9. The number of carboxylic acid groups (broad SMARTS) is 1. The van der Waals surface area contributed by atoms with Gasteiger partial charge in [-0.15, -0.1) is 0 Å². The summed E-state index contributed by atoms with van der Waals surface area (Å²) in [4.78, 5) is 22.5. The predicted molar refractivity (Wildman–Crippen MR) is 239 cm³/mol. The van der Waals surface area contributed by atoms with Crippen LogP contribution in [-0.4, -0.2) is 42.3 Å². The van der Waals surface area contributed by atoms with Crippen molar-refractivity contribution in [2.75, 3.05) is 13.2 Å². The molecular formula is C49H98N2O4. The monoisotopic (exact) mass is 779 g/mol. The van der Waals surface area contributed by atoms with Crippen molar-refractivity contribution in [3.05, 3.63) is 0 Å². The van der Waals surface area contributed by atoms with Crippen molar-refractivity contribution in [3.63, 3.8) is 0 Å². The second-order valence-electron chi connectivity index (χ2n) is 17.4. The largest absolute Gasteiger partial charge is 0.481 e. The fourth-order valence-electron chi connectivity index (χ4n) is 7.96. The minimum Gasteiger partial charge on any atom is -0.481 e. The molecule has 0 radical (unpaired) electrons. The van der Waals surface area contributed by atoms with Crippen LogP contribution < -0.4 is 11.1 Å². The number of carbonyl (C=O) groups is 2. The SMILES string of the molecule is CCCCCCCCCCOC(=O)CCCCCCCCCCCCCCCCCNC(CCCCCCCCCCCCCCCCCC(=O)O)C(C)N. The number of esters is 1. The van der Waals surface area contributed by atoms with Gasteiger partial charge in [-0.05, 0) is 45.6 Å². The Morgan fingerprint density at radius 3 is 1.18 bits per heavy atom. The highest BCUT2D eigenvalue weighted by atomic mass is 16.5. The van der Waals surface area contributed by atoms with Crippen molar-refractivity contribution in [2.24, 2.45) is 5.73 Å². The topological polar surface area (TPSA) is 102 Å². The quantitative estimate of drug-likeness (QED) is 0.0420. The van der Waals surface area contributed by atoms with Gasteiger partial charge in [-0.25, -0.2) is 0 Å². The first-order valence-electron chi connectivity index (χ1n) is 24.8. The number of rotatable bonds is 47. The highest BCUT2D eigenvalue weighted by molar-refractivity contribution is 5.69. The minimum absolute atomic E-state index is 0.0136. The second-order valence-corrected chi connectivity index (χ2v) is 17.4. The van der Waals surface area contributed by atoms with Gasteiger partial charge >= 0.3 is 11.9 Å². The van der Waals surface area contributed by atoms with Crippen LogP contribution in [-0.2, 0) is 14.3 Å². The second kappa shape index (κ2) is 45.6. The standard InChI is InChI=1S/C49H98N2O4/c1-3-4-5-6-7-30-35-40-45-55-49(54)43-38-33-28-24-20-16-12-9-13-17-21-25-29-34-39-44-51-47(46(2)50)41-36-31-26-22-18-14-10-8-11-15-19-23-27-32-37-42-48(52)53/h46-47,51H,3-45,50H2,1-2H3,(H,52,53). The van der Waals surface area contributed by atoms with E-state index >= 15 is 0 Å². The first-order chi connectivity index (χ1) is 27.0. The molecule has 0 heterocycles. The summed E-state index contributed by atoms with van der Waals surface area (Å²) < 4.78 is 5.42. The summed E-state index contributed by atoms with van der Waals surface area (Å²) >= 11 is 0. The molecule has 55 heavy (non-hydrogen) atoms. The van der Waals surface area contributed by atoms with Crippen LogP contribution in [0.2, 0.25) is 0 Å². The number of aliphatic carboxylic acids is 1. The van der Waals surface area contributed by atoms with E-state index in [0.717, 1.165) is 32.2 Å². The predicted octanol–water partition coefficient (Wildman–Crippen LogP) is 14.9. The van der Waals surface area contributed by atoms with Crippen LogP contribution in [0.1, 0.15) is 277 Å². The van der Waals surface area contributed by atoms with Gasteiger partial charge in [0.25, 0.3) is 0 Å². The molecule has 6 nitrogen and oxygen atoms in total. The van der Waals surface area contributed by atoms with Crippen LogP contribution >= 0.6 is 0 Å². The van der Waals surface area contributed by atoms with E-state index in [2.05, 4.69) is 19.2 Å². The molecule has 0 saturated heterocycles. The zero-order chi connectivity index (χ0) is 40.1. The van der Waals surface area contributed by atoms with Crippen molar-refractivity contribution in [1.82, 2.24) is 5.32 Å². The molecule has 0 fully saturated rings. The van der Waals surface area contributed by atoms with Crippen LogP contribution in [0.4, 0.5) is 0 Å². The Balaban J connectivity index is 3.36. The van der Waals surface area contributed by atoms with Gasteiger partial charge in [0.05, 0.1) is 6.61 Å². The molecule has 0 aliphatic heterocycles. The van der Waals surface area contributed by atoms with E-state index in [1.165, 1.54) is 225 Å². The van der Waals surface area contributed by atoms with Gasteiger partial charge in [0.15, 0.2) is 0 Å². The molecular weight excluding hydrogens is 681 g/mol. The molecule has 328 valence electrons. The Bertz CT molecular complexity index is 776. The van der Waals surface area contributed by atoms with Crippen molar-refractivity contribution >= 4 is 11.9 Å². The van der Waals surface area contributed by atoms with E-state index < -0.39 is 5.97 Å². The normalized spacial score (nSPS) is 12.6. The fourth-order valence-corrected chi connectivity index (χ4v) is 7.96. The Morgan fingerprint density at radius 1 is 0.473 bits per heavy atom. The fraction of sp³-hybridized carbons (Fsp3) is 0.959. The molecule has 0 aromatic heterocycles. The molecule has 2 unspecified atom stereocenters. The zero-order valence-electron chi connectivity index (χ0n) is 37.3. The Labute approximate surface area is 343 Å². The maximum absolute atomic E-state index is 11.9. The lowest BCUT2D eigenvalue weighted by atomic mass is 10.0. The van der Waals surface area contributed by atoms with Crippen molar-refractivity contribution in [2.45, 2.75) is 289 Å². The van der Waals surface area contributed by atoms with Gasteiger partial charge in [0.2, 0.25) is 0 Å². The summed E-state index contributed by atoms with van der Waals surface area (Å²) in [6.07, 6.45) is 51.6. The van der Waals surface area contributed by atoms with Crippen molar-refractivity contribution in [3.8, 4) is 0 Å². The lowest BCUT2D eigenvalue weighted by Crippen LogP contribution is -2.43. The summed E-state index contributed by atoms with van der Waals surface area (Å²) in [5.41, 5.74) is 6.33. The van der Waals surface area contributed by atoms with Gasteiger partial charge in [-0.3, -0.25) is 9.59 Å². The van der Waals surface area contributed by atoms with Crippen LogP contribution in [0.5, 0.6) is 0 Å². The summed E-state index contributed by atoms with van der Waals surface area (Å²) in [7, 11) is 0. The van der Waals surface area contributed by atoms with E-state index in [1.54, 1.807) is 0 Å². The van der Waals surface area contributed by atoms with E-state index in [0.29, 0.717) is 25.5 Å². The van der Waals surface area contributed by atoms with Crippen LogP contribution in [0.15, 0.2) is 0 Å². The Hall–Kier alpha value is -1.14. The van der Waals surface area contributed by atoms with Gasteiger partial charge in [0.1, 0.15) is 0 Å². The lowest BCUT2D eigenvalue weighted by molar-refractivity contribution is -0.144. The molecule has 4 N–H and O–H groups in total. The third-order valence-corrected chi connectivity index (χ3v) is 11.8. The average molecular weight is 779 g/mol. The molecule has 2 atom stereocenters. The summed E-state index contributed by atoms with van der Waals surface area (Å²) in [6, 6.07) is 0.697. The number of nitrogens with one attached hydrogen (secondary N) is 1. The summed E-state index contributed by atoms with van der Waals surface area (Å²) in [5, 5.41) is 12.5. The lowest BCUT2D eigenvalue weighted by Gasteiger charge is -2.22. The van der Waals surface area contributed by atoms with E-state index in [9.17, 15) is 9.59 Å². The van der Waals surface area contributed by atoms with Gasteiger partial charge in [0, 0.05) is 24.9 Å². The van der Waals surface area contributed by atoms with E-state index in [1.807, 2.05) is 0 Å². The highest BCUT2D eigenvalue weighted by Gasteiger charge is 2.12. The van der Waals surface area contributed by atoms with Gasteiger partial charge in [-0.2, -0.15) is 0 Å². The molecule has 6 heteroatoms. The molecule has 0 amide bonds. The maximum Gasteiger partial charge on any atom is 0.305 e. The van der Waals surface area contributed by atoms with Crippen LogP contribution in [0, 0.1) is 0 Å². The minimum atomic E-state index is -0.658. The van der Waals surface area contributed by atoms with Gasteiger partial charge < -0.3 is 20.9 Å². The molecule has 0 spiro atoms. The summed E-state index contributed by atoms with van der Waals surface area (Å²) in [5.74, 6) is -0.645. The van der Waals surface area contributed by atoms with E-state index in [4.69, 9.17) is 15.6 Å². The molecule has 0 saturated carbocycles. The highest BCUT2D eigenvalue weighted by Crippen LogP contribution is 2.17. The van der Waals surface area contributed by atoms with Crippen molar-refractivity contribution < 1.29 is 19.4 Å².